The van der Waals surface area contributed by atoms with Crippen molar-refractivity contribution in [3.8, 4) is 0 Å². The molecule has 3 fully saturated rings. The van der Waals surface area contributed by atoms with Crippen molar-refractivity contribution in [2.45, 2.75) is 31.0 Å². The molecule has 25 heavy (non-hydrogen) atoms. The normalized spacial score (nSPS) is 33.3. The van der Waals surface area contributed by atoms with Crippen molar-refractivity contribution in [2.24, 2.45) is 11.8 Å². The average molecular weight is 367 g/mol. The van der Waals surface area contributed by atoms with Crippen molar-refractivity contribution in [1.29, 1.82) is 0 Å². The largest absolute Gasteiger partial charge is 0.369 e. The first-order valence-electron chi connectivity index (χ1n) is 8.93. The number of nitrogens with zero attached hydrogens (tertiary/aromatic N) is 2. The standard InChI is InChI=1S/C19H24ClFN2O2/c1-22(2)9-13-14-10-23(11-19(14)7-6-17(13)25-19)18(24)8-12-15(20)4-3-5-16(12)21/h3-5,13-14,17H,6-11H2,1-2H3/t13-,14+,17+,19+/m0/s1. The zero-order valence-electron chi connectivity index (χ0n) is 14.7. The molecule has 4 rings (SSSR count). The molecular weight excluding hydrogens is 343 g/mol. The number of likely N-dealkylation sites (tertiary alicyclic amines) is 1. The Hall–Kier alpha value is -1.17. The third-order valence-electron chi connectivity index (χ3n) is 6.10. The molecule has 1 aromatic rings. The molecule has 3 aliphatic rings. The van der Waals surface area contributed by atoms with Gasteiger partial charge in [0.15, 0.2) is 0 Å². The summed E-state index contributed by atoms with van der Waals surface area (Å²) in [6.07, 6.45) is 2.44. The van der Waals surface area contributed by atoms with E-state index < -0.39 is 5.82 Å². The van der Waals surface area contributed by atoms with Crippen LogP contribution in [-0.4, -0.2) is 61.1 Å². The Balaban J connectivity index is 1.49. The van der Waals surface area contributed by atoms with E-state index in [2.05, 4.69) is 19.0 Å². The summed E-state index contributed by atoms with van der Waals surface area (Å²) in [5.74, 6) is 0.375. The quantitative estimate of drug-likeness (QED) is 0.821. The molecule has 3 heterocycles. The number of hydrogen-bond donors (Lipinski definition) is 0. The van der Waals surface area contributed by atoms with E-state index in [1.807, 2.05) is 4.90 Å². The van der Waals surface area contributed by atoms with Gasteiger partial charge in [-0.05, 0) is 39.1 Å². The summed E-state index contributed by atoms with van der Waals surface area (Å²) in [7, 11) is 4.16. The minimum absolute atomic E-state index is 0.0100. The summed E-state index contributed by atoms with van der Waals surface area (Å²) in [6, 6.07) is 4.54. The van der Waals surface area contributed by atoms with Crippen molar-refractivity contribution in [3.05, 3.63) is 34.6 Å². The molecule has 0 aromatic heterocycles. The SMILES string of the molecule is CN(C)C[C@H]1[C@H]2CN(C(=O)Cc3c(F)cccc3Cl)C[C@]23CC[C@H]1O3. The third kappa shape index (κ3) is 2.86. The van der Waals surface area contributed by atoms with Gasteiger partial charge in [-0.1, -0.05) is 17.7 Å². The summed E-state index contributed by atoms with van der Waals surface area (Å²) in [4.78, 5) is 16.8. The first-order chi connectivity index (χ1) is 11.9. The Morgan fingerprint density at radius 1 is 1.48 bits per heavy atom. The highest BCUT2D eigenvalue weighted by Gasteiger charge is 2.63. The van der Waals surface area contributed by atoms with Crippen LogP contribution >= 0.6 is 11.6 Å². The molecule has 0 aliphatic carbocycles. The van der Waals surface area contributed by atoms with E-state index in [0.717, 1.165) is 19.4 Å². The molecule has 3 saturated heterocycles. The number of benzene rings is 1. The molecule has 1 amide bonds. The predicted octanol–water partition coefficient (Wildman–Crippen LogP) is 2.59. The van der Waals surface area contributed by atoms with Crippen LogP contribution in [0.1, 0.15) is 18.4 Å². The van der Waals surface area contributed by atoms with E-state index >= 15 is 0 Å². The number of carbonyl (C=O) groups is 1. The third-order valence-corrected chi connectivity index (χ3v) is 6.46. The lowest BCUT2D eigenvalue weighted by atomic mass is 9.73. The highest BCUT2D eigenvalue weighted by Crippen LogP contribution is 2.55. The van der Waals surface area contributed by atoms with E-state index in [9.17, 15) is 9.18 Å². The molecule has 0 saturated carbocycles. The number of fused-ring (bicyclic) bond motifs is 1. The fraction of sp³-hybridized carbons (Fsp3) is 0.632. The lowest BCUT2D eigenvalue weighted by Gasteiger charge is -2.30. The fourth-order valence-electron chi connectivity index (χ4n) is 5.01. The lowest BCUT2D eigenvalue weighted by Crippen LogP contribution is -2.40. The van der Waals surface area contributed by atoms with Crippen LogP contribution in [0.4, 0.5) is 4.39 Å². The van der Waals surface area contributed by atoms with Gasteiger partial charge in [0.25, 0.3) is 0 Å². The molecule has 136 valence electrons. The molecule has 1 aromatic carbocycles. The number of ether oxygens (including phenoxy) is 1. The lowest BCUT2D eigenvalue weighted by molar-refractivity contribution is -0.131. The van der Waals surface area contributed by atoms with Gasteiger partial charge in [0, 0.05) is 35.5 Å². The second-order valence-electron chi connectivity index (χ2n) is 7.94. The highest BCUT2D eigenvalue weighted by molar-refractivity contribution is 6.31. The van der Waals surface area contributed by atoms with E-state index in [-0.39, 0.29) is 17.9 Å². The zero-order valence-corrected chi connectivity index (χ0v) is 15.4. The molecule has 3 aliphatic heterocycles. The molecule has 1 spiro atoms. The Bertz CT molecular complexity index is 678. The van der Waals surface area contributed by atoms with Crippen LogP contribution in [0.2, 0.25) is 5.02 Å². The Morgan fingerprint density at radius 2 is 2.28 bits per heavy atom. The molecule has 4 nitrogen and oxygen atoms in total. The van der Waals surface area contributed by atoms with Gasteiger partial charge in [-0.3, -0.25) is 4.79 Å². The number of amides is 1. The van der Waals surface area contributed by atoms with E-state index in [0.29, 0.717) is 41.6 Å². The van der Waals surface area contributed by atoms with Gasteiger partial charge in [0.05, 0.1) is 24.7 Å². The van der Waals surface area contributed by atoms with Gasteiger partial charge in [-0.2, -0.15) is 0 Å². The maximum absolute atomic E-state index is 14.0. The maximum Gasteiger partial charge on any atom is 0.227 e. The minimum Gasteiger partial charge on any atom is -0.369 e. The number of rotatable bonds is 4. The van der Waals surface area contributed by atoms with Gasteiger partial charge in [-0.25, -0.2) is 4.39 Å². The van der Waals surface area contributed by atoms with Gasteiger partial charge < -0.3 is 14.5 Å². The minimum atomic E-state index is -0.416. The van der Waals surface area contributed by atoms with Crippen LogP contribution in [0.15, 0.2) is 18.2 Å². The summed E-state index contributed by atoms with van der Waals surface area (Å²) in [6.45, 7) is 2.32. The second kappa shape index (κ2) is 6.22. The fourth-order valence-corrected chi connectivity index (χ4v) is 5.24. The summed E-state index contributed by atoms with van der Waals surface area (Å²) < 4.78 is 20.4. The smallest absolute Gasteiger partial charge is 0.227 e. The van der Waals surface area contributed by atoms with Gasteiger partial charge >= 0.3 is 0 Å². The van der Waals surface area contributed by atoms with Crippen molar-refractivity contribution in [2.75, 3.05) is 33.7 Å². The second-order valence-corrected chi connectivity index (χ2v) is 8.35. The molecule has 6 heteroatoms. The van der Waals surface area contributed by atoms with E-state index in [1.165, 1.54) is 6.07 Å². The summed E-state index contributed by atoms with van der Waals surface area (Å²) in [5.41, 5.74) is 0.110. The van der Waals surface area contributed by atoms with Crippen LogP contribution in [0, 0.1) is 17.7 Å². The number of hydrogen-bond acceptors (Lipinski definition) is 3. The summed E-state index contributed by atoms with van der Waals surface area (Å²) in [5, 5.41) is 0.313. The average Bonchev–Trinajstić information content (AvgIpc) is 3.20. The van der Waals surface area contributed by atoms with Crippen molar-refractivity contribution < 1.29 is 13.9 Å². The monoisotopic (exact) mass is 366 g/mol. The molecule has 2 bridgehead atoms. The molecule has 0 unspecified atom stereocenters. The Kier molecular flexibility index (Phi) is 4.29. The van der Waals surface area contributed by atoms with Crippen molar-refractivity contribution in [1.82, 2.24) is 9.80 Å². The molecule has 0 N–H and O–H groups in total. The van der Waals surface area contributed by atoms with Crippen molar-refractivity contribution in [3.63, 3.8) is 0 Å². The molecular formula is C19H24ClFN2O2. The Morgan fingerprint density at radius 3 is 3.00 bits per heavy atom. The van der Waals surface area contributed by atoms with Crippen LogP contribution < -0.4 is 0 Å². The summed E-state index contributed by atoms with van der Waals surface area (Å²) >= 11 is 6.08. The topological polar surface area (TPSA) is 32.8 Å². The van der Waals surface area contributed by atoms with Crippen LogP contribution in [-0.2, 0) is 16.0 Å². The molecule has 4 atom stereocenters. The number of halogens is 2. The Labute approximate surface area is 152 Å². The van der Waals surface area contributed by atoms with Gasteiger partial charge in [0.1, 0.15) is 5.82 Å². The van der Waals surface area contributed by atoms with Gasteiger partial charge in [0.2, 0.25) is 5.91 Å². The van der Waals surface area contributed by atoms with Crippen LogP contribution in [0.5, 0.6) is 0 Å². The maximum atomic E-state index is 14.0. The van der Waals surface area contributed by atoms with E-state index in [1.54, 1.807) is 12.1 Å². The zero-order chi connectivity index (χ0) is 17.8. The van der Waals surface area contributed by atoms with Gasteiger partial charge in [-0.15, -0.1) is 0 Å². The predicted molar refractivity (Wildman–Crippen MR) is 94.1 cm³/mol. The number of carbonyl (C=O) groups excluding carboxylic acids is 1. The van der Waals surface area contributed by atoms with Crippen LogP contribution in [0.3, 0.4) is 0 Å². The highest BCUT2D eigenvalue weighted by atomic mass is 35.5. The van der Waals surface area contributed by atoms with Crippen molar-refractivity contribution >= 4 is 17.5 Å². The molecule has 0 radical (unpaired) electrons. The van der Waals surface area contributed by atoms with E-state index in [4.69, 9.17) is 16.3 Å². The first-order valence-corrected chi connectivity index (χ1v) is 9.30. The first kappa shape index (κ1) is 17.3. The van der Waals surface area contributed by atoms with Crippen LogP contribution in [0.25, 0.3) is 0 Å².